The average Bonchev–Trinajstić information content (AvgIpc) is 2.42. The second kappa shape index (κ2) is 5.84. The van der Waals surface area contributed by atoms with E-state index in [0.29, 0.717) is 10.6 Å². The number of aryl methyl sites for hydroxylation is 1. The monoisotopic (exact) mass is 289 g/mol. The molecule has 0 heterocycles. The first-order valence-electron chi connectivity index (χ1n) is 6.00. The zero-order valence-electron chi connectivity index (χ0n) is 10.8. The zero-order chi connectivity index (χ0) is 14.7. The van der Waals surface area contributed by atoms with Crippen LogP contribution >= 0.6 is 11.6 Å². The maximum Gasteiger partial charge on any atom is 0.269 e. The Bertz CT molecular complexity index is 665. The van der Waals surface area contributed by atoms with Gasteiger partial charge in [0.2, 0.25) is 0 Å². The Hall–Kier alpha value is -2.20. The number of ketones is 1. The summed E-state index contributed by atoms with van der Waals surface area (Å²) in [4.78, 5) is 22.3. The van der Waals surface area contributed by atoms with Crippen LogP contribution < -0.4 is 0 Å². The van der Waals surface area contributed by atoms with E-state index in [-0.39, 0.29) is 17.9 Å². The lowest BCUT2D eigenvalue weighted by molar-refractivity contribution is -0.384. The van der Waals surface area contributed by atoms with Gasteiger partial charge in [-0.15, -0.1) is 0 Å². The molecule has 0 N–H and O–H groups in total. The minimum atomic E-state index is -0.469. The minimum Gasteiger partial charge on any atom is -0.294 e. The summed E-state index contributed by atoms with van der Waals surface area (Å²) >= 11 is 6.11. The highest BCUT2D eigenvalue weighted by atomic mass is 35.5. The minimum absolute atomic E-state index is 0.00906. The van der Waals surface area contributed by atoms with Gasteiger partial charge in [0.15, 0.2) is 5.78 Å². The first-order chi connectivity index (χ1) is 9.49. The summed E-state index contributed by atoms with van der Waals surface area (Å²) in [6, 6.07) is 11.2. The molecule has 0 bridgehead atoms. The first kappa shape index (κ1) is 14.2. The fraction of sp³-hybridized carbons (Fsp3) is 0.133. The highest BCUT2D eigenvalue weighted by Gasteiger charge is 2.13. The molecule has 0 spiro atoms. The molecular formula is C15H12ClNO3. The van der Waals surface area contributed by atoms with Gasteiger partial charge in [-0.05, 0) is 24.1 Å². The third-order valence-electron chi connectivity index (χ3n) is 3.00. The van der Waals surface area contributed by atoms with Crippen molar-refractivity contribution in [1.82, 2.24) is 0 Å². The molecule has 0 aromatic heterocycles. The van der Waals surface area contributed by atoms with Crippen molar-refractivity contribution >= 4 is 23.1 Å². The fourth-order valence-corrected chi connectivity index (χ4v) is 2.11. The summed E-state index contributed by atoms with van der Waals surface area (Å²) in [6.07, 6.45) is 0.168. The predicted octanol–water partition coefficient (Wildman–Crippen LogP) is 3.98. The molecule has 102 valence electrons. The van der Waals surface area contributed by atoms with Crippen LogP contribution in [0.4, 0.5) is 5.69 Å². The Morgan fingerprint density at radius 3 is 2.45 bits per heavy atom. The lowest BCUT2D eigenvalue weighted by atomic mass is 10.0. The van der Waals surface area contributed by atoms with Crippen LogP contribution in [0.1, 0.15) is 21.5 Å². The topological polar surface area (TPSA) is 60.2 Å². The number of nitro benzene ring substituents is 1. The average molecular weight is 290 g/mol. The van der Waals surface area contributed by atoms with Gasteiger partial charge < -0.3 is 0 Å². The first-order valence-corrected chi connectivity index (χ1v) is 6.38. The van der Waals surface area contributed by atoms with Crippen molar-refractivity contribution in [3.63, 3.8) is 0 Å². The zero-order valence-corrected chi connectivity index (χ0v) is 11.6. The number of hydrogen-bond donors (Lipinski definition) is 0. The molecule has 0 atom stereocenters. The van der Waals surface area contributed by atoms with Crippen LogP contribution in [-0.2, 0) is 6.42 Å². The van der Waals surface area contributed by atoms with Gasteiger partial charge in [-0.2, -0.15) is 0 Å². The third-order valence-corrected chi connectivity index (χ3v) is 3.51. The smallest absolute Gasteiger partial charge is 0.269 e. The molecule has 2 aromatic carbocycles. The van der Waals surface area contributed by atoms with E-state index in [1.807, 2.05) is 13.0 Å². The number of nitrogens with zero attached hydrogens (tertiary/aromatic N) is 1. The van der Waals surface area contributed by atoms with Crippen molar-refractivity contribution in [2.24, 2.45) is 0 Å². The maximum absolute atomic E-state index is 12.2. The van der Waals surface area contributed by atoms with Gasteiger partial charge in [0.25, 0.3) is 5.69 Å². The van der Waals surface area contributed by atoms with Gasteiger partial charge in [-0.3, -0.25) is 14.9 Å². The van der Waals surface area contributed by atoms with E-state index in [0.717, 1.165) is 11.1 Å². The van der Waals surface area contributed by atoms with E-state index in [9.17, 15) is 14.9 Å². The Kier molecular flexibility index (Phi) is 4.15. The molecule has 2 rings (SSSR count). The molecule has 0 amide bonds. The largest absolute Gasteiger partial charge is 0.294 e. The lowest BCUT2D eigenvalue weighted by Gasteiger charge is -2.06. The molecule has 20 heavy (non-hydrogen) atoms. The number of carbonyl (C=O) groups excluding carboxylic acids is 1. The molecule has 2 aromatic rings. The number of rotatable bonds is 4. The summed E-state index contributed by atoms with van der Waals surface area (Å²) in [5, 5.41) is 11.0. The summed E-state index contributed by atoms with van der Waals surface area (Å²) in [5.74, 6) is -0.104. The molecular weight excluding hydrogens is 278 g/mol. The van der Waals surface area contributed by atoms with Gasteiger partial charge >= 0.3 is 0 Å². The Balaban J connectivity index is 2.19. The van der Waals surface area contributed by atoms with Crippen LogP contribution in [0.3, 0.4) is 0 Å². The molecule has 5 heteroatoms. The second-order valence-electron chi connectivity index (χ2n) is 4.46. The number of hydrogen-bond acceptors (Lipinski definition) is 3. The third kappa shape index (κ3) is 3.03. The van der Waals surface area contributed by atoms with E-state index >= 15 is 0 Å². The van der Waals surface area contributed by atoms with Gasteiger partial charge in [-0.25, -0.2) is 0 Å². The van der Waals surface area contributed by atoms with Crippen LogP contribution in [0.15, 0.2) is 42.5 Å². The van der Waals surface area contributed by atoms with Crippen molar-refractivity contribution in [3.05, 3.63) is 74.3 Å². The van der Waals surface area contributed by atoms with Crippen LogP contribution in [0.25, 0.3) is 0 Å². The SMILES string of the molecule is Cc1cccc(C(=O)Cc2ccc([N+](=O)[O-])cc2)c1Cl. The molecule has 0 aliphatic heterocycles. The van der Waals surface area contributed by atoms with Crippen LogP contribution in [0, 0.1) is 17.0 Å². The predicted molar refractivity (Wildman–Crippen MR) is 77.3 cm³/mol. The van der Waals surface area contributed by atoms with Crippen molar-refractivity contribution < 1.29 is 9.72 Å². The number of carbonyl (C=O) groups is 1. The van der Waals surface area contributed by atoms with Crippen molar-refractivity contribution in [2.75, 3.05) is 0 Å². The van der Waals surface area contributed by atoms with Crippen molar-refractivity contribution in [2.45, 2.75) is 13.3 Å². The van der Waals surface area contributed by atoms with Gasteiger partial charge in [-0.1, -0.05) is 35.9 Å². The molecule has 4 nitrogen and oxygen atoms in total. The number of halogens is 1. The van der Waals surface area contributed by atoms with E-state index in [4.69, 9.17) is 11.6 Å². The summed E-state index contributed by atoms with van der Waals surface area (Å²) in [7, 11) is 0. The van der Waals surface area contributed by atoms with E-state index in [2.05, 4.69) is 0 Å². The normalized spacial score (nSPS) is 10.3. The molecule has 0 aliphatic rings. The van der Waals surface area contributed by atoms with Gasteiger partial charge in [0.1, 0.15) is 0 Å². The summed E-state index contributed by atoms with van der Waals surface area (Å²) < 4.78 is 0. The number of nitro groups is 1. The van der Waals surface area contributed by atoms with E-state index in [1.165, 1.54) is 12.1 Å². The fourth-order valence-electron chi connectivity index (χ4n) is 1.88. The standard InChI is InChI=1S/C15H12ClNO3/c1-10-3-2-4-13(15(10)16)14(18)9-11-5-7-12(8-6-11)17(19)20/h2-8H,9H2,1H3. The molecule has 0 unspecified atom stereocenters. The van der Waals surface area contributed by atoms with Crippen molar-refractivity contribution in [3.8, 4) is 0 Å². The van der Waals surface area contributed by atoms with E-state index in [1.54, 1.807) is 24.3 Å². The summed E-state index contributed by atoms with van der Waals surface area (Å²) in [6.45, 7) is 1.84. The molecule has 0 fully saturated rings. The number of Topliss-reactive ketones (excluding diaryl/α,β-unsaturated/α-hetero) is 1. The number of benzene rings is 2. The highest BCUT2D eigenvalue weighted by Crippen LogP contribution is 2.22. The Labute approximate surface area is 121 Å². The van der Waals surface area contributed by atoms with Gasteiger partial charge in [0.05, 0.1) is 9.95 Å². The molecule has 0 radical (unpaired) electrons. The quantitative estimate of drug-likeness (QED) is 0.486. The maximum atomic E-state index is 12.2. The lowest BCUT2D eigenvalue weighted by Crippen LogP contribution is -2.05. The Morgan fingerprint density at radius 2 is 1.85 bits per heavy atom. The highest BCUT2D eigenvalue weighted by molar-refractivity contribution is 6.34. The molecule has 0 aliphatic carbocycles. The van der Waals surface area contributed by atoms with Crippen LogP contribution in [-0.4, -0.2) is 10.7 Å². The van der Waals surface area contributed by atoms with Crippen molar-refractivity contribution in [1.29, 1.82) is 0 Å². The van der Waals surface area contributed by atoms with Crippen LogP contribution in [0.2, 0.25) is 5.02 Å². The van der Waals surface area contributed by atoms with Crippen LogP contribution in [0.5, 0.6) is 0 Å². The number of non-ortho nitro benzene ring substituents is 1. The molecule has 0 saturated heterocycles. The second-order valence-corrected chi connectivity index (χ2v) is 4.84. The molecule has 0 saturated carbocycles. The van der Waals surface area contributed by atoms with Gasteiger partial charge in [0, 0.05) is 24.1 Å². The summed E-state index contributed by atoms with van der Waals surface area (Å²) in [5.41, 5.74) is 2.05. The van der Waals surface area contributed by atoms with E-state index < -0.39 is 4.92 Å². The Morgan fingerprint density at radius 1 is 1.20 bits per heavy atom.